The van der Waals surface area contributed by atoms with Gasteiger partial charge < -0.3 is 4.74 Å². The molecule has 0 bridgehead atoms. The second-order valence-corrected chi connectivity index (χ2v) is 3.89. The second-order valence-electron chi connectivity index (χ2n) is 3.89. The molecule has 0 aliphatic heterocycles. The molecule has 0 amide bonds. The van der Waals surface area contributed by atoms with Gasteiger partial charge in [-0.05, 0) is 26.3 Å². The predicted molar refractivity (Wildman–Crippen MR) is 63.5 cm³/mol. The smallest absolute Gasteiger partial charge is 0.310 e. The number of rotatable bonds is 8. The summed E-state index contributed by atoms with van der Waals surface area (Å²) in [6.45, 7) is 5.88. The van der Waals surface area contributed by atoms with Gasteiger partial charge in [-0.3, -0.25) is 4.79 Å². The monoisotopic (exact) mass is 212 g/mol. The summed E-state index contributed by atoms with van der Waals surface area (Å²) in [7, 11) is 0. The number of carbonyl (C=O) groups is 1. The number of ether oxygens (including phenoxy) is 1. The van der Waals surface area contributed by atoms with Crippen LogP contribution in [0.4, 0.5) is 0 Å². The highest BCUT2D eigenvalue weighted by atomic mass is 16.5. The summed E-state index contributed by atoms with van der Waals surface area (Å²) in [5, 5.41) is 0. The lowest BCUT2D eigenvalue weighted by Crippen LogP contribution is -2.02. The normalized spacial score (nSPS) is 11.5. The second kappa shape index (κ2) is 9.75. The third-order valence-corrected chi connectivity index (χ3v) is 2.42. The Morgan fingerprint density at radius 2 is 1.73 bits per heavy atom. The van der Waals surface area contributed by atoms with Gasteiger partial charge in [0, 0.05) is 6.42 Å². The Bertz CT molecular complexity index is 195. The summed E-state index contributed by atoms with van der Waals surface area (Å²) in [5.41, 5.74) is 0. The van der Waals surface area contributed by atoms with Crippen molar-refractivity contribution >= 4 is 5.97 Å². The van der Waals surface area contributed by atoms with E-state index >= 15 is 0 Å². The van der Waals surface area contributed by atoms with Gasteiger partial charge in [0.1, 0.15) is 5.76 Å². The molecule has 0 aromatic rings. The van der Waals surface area contributed by atoms with Crippen molar-refractivity contribution in [3.05, 3.63) is 11.8 Å². The number of hydrogen-bond acceptors (Lipinski definition) is 2. The molecule has 0 saturated heterocycles. The van der Waals surface area contributed by atoms with Gasteiger partial charge in [0.25, 0.3) is 0 Å². The van der Waals surface area contributed by atoms with E-state index in [1.54, 1.807) is 13.0 Å². The molecular formula is C13H24O2. The SMILES string of the molecule is C/C=C(\C)OC(=O)CCCCCCCC. The van der Waals surface area contributed by atoms with Crippen LogP contribution in [0.5, 0.6) is 0 Å². The van der Waals surface area contributed by atoms with Crippen LogP contribution < -0.4 is 0 Å². The van der Waals surface area contributed by atoms with Crippen LogP contribution in [0.2, 0.25) is 0 Å². The first-order valence-corrected chi connectivity index (χ1v) is 6.04. The van der Waals surface area contributed by atoms with E-state index in [1.807, 2.05) is 6.92 Å². The molecule has 0 spiro atoms. The van der Waals surface area contributed by atoms with Crippen molar-refractivity contribution in [3.63, 3.8) is 0 Å². The van der Waals surface area contributed by atoms with Crippen molar-refractivity contribution in [2.45, 2.75) is 65.7 Å². The number of hydrogen-bond donors (Lipinski definition) is 0. The lowest BCUT2D eigenvalue weighted by atomic mass is 10.1. The fourth-order valence-corrected chi connectivity index (χ4v) is 1.34. The molecular weight excluding hydrogens is 188 g/mol. The van der Waals surface area contributed by atoms with E-state index in [4.69, 9.17) is 4.74 Å². The minimum atomic E-state index is -0.0962. The Balaban J connectivity index is 3.32. The summed E-state index contributed by atoms with van der Waals surface area (Å²) in [6, 6.07) is 0. The van der Waals surface area contributed by atoms with Gasteiger partial charge in [0.2, 0.25) is 0 Å². The summed E-state index contributed by atoms with van der Waals surface area (Å²) in [4.78, 5) is 11.2. The van der Waals surface area contributed by atoms with Gasteiger partial charge in [-0.25, -0.2) is 0 Å². The van der Waals surface area contributed by atoms with Gasteiger partial charge in [-0.2, -0.15) is 0 Å². The van der Waals surface area contributed by atoms with Crippen LogP contribution in [0.15, 0.2) is 11.8 Å². The van der Waals surface area contributed by atoms with Gasteiger partial charge in [0.15, 0.2) is 0 Å². The van der Waals surface area contributed by atoms with Gasteiger partial charge in [-0.1, -0.05) is 39.0 Å². The number of unbranched alkanes of at least 4 members (excludes halogenated alkanes) is 5. The number of carbonyl (C=O) groups excluding carboxylic acids is 1. The van der Waals surface area contributed by atoms with Crippen molar-refractivity contribution in [1.29, 1.82) is 0 Å². The van der Waals surface area contributed by atoms with Crippen LogP contribution in [0.25, 0.3) is 0 Å². The molecule has 0 aromatic carbocycles. The zero-order valence-electron chi connectivity index (χ0n) is 10.3. The highest BCUT2D eigenvalue weighted by molar-refractivity contribution is 5.70. The Morgan fingerprint density at radius 3 is 2.33 bits per heavy atom. The number of esters is 1. The van der Waals surface area contributed by atoms with Crippen molar-refractivity contribution in [2.24, 2.45) is 0 Å². The largest absolute Gasteiger partial charge is 0.432 e. The summed E-state index contributed by atoms with van der Waals surface area (Å²) in [5.74, 6) is 0.604. The Labute approximate surface area is 93.7 Å². The standard InChI is InChI=1S/C13H24O2/c1-4-6-7-8-9-10-11-13(14)15-12(3)5-2/h5H,4,6-11H2,1-3H3/b12-5+. The van der Waals surface area contributed by atoms with Crippen molar-refractivity contribution < 1.29 is 9.53 Å². The molecule has 0 saturated carbocycles. The van der Waals surface area contributed by atoms with E-state index in [0.29, 0.717) is 12.2 Å². The molecule has 0 aliphatic rings. The fraction of sp³-hybridized carbons (Fsp3) is 0.769. The van der Waals surface area contributed by atoms with E-state index < -0.39 is 0 Å². The van der Waals surface area contributed by atoms with Gasteiger partial charge in [0.05, 0.1) is 0 Å². The lowest BCUT2D eigenvalue weighted by molar-refractivity contribution is -0.139. The summed E-state index contributed by atoms with van der Waals surface area (Å²) < 4.78 is 5.05. The lowest BCUT2D eigenvalue weighted by Gasteiger charge is -2.03. The molecule has 15 heavy (non-hydrogen) atoms. The molecule has 0 aromatic heterocycles. The molecule has 0 N–H and O–H groups in total. The first kappa shape index (κ1) is 14.2. The van der Waals surface area contributed by atoms with Gasteiger partial charge in [-0.15, -0.1) is 0 Å². The molecule has 2 heteroatoms. The molecule has 0 heterocycles. The van der Waals surface area contributed by atoms with E-state index in [-0.39, 0.29) is 5.97 Å². The molecule has 0 radical (unpaired) electrons. The average molecular weight is 212 g/mol. The first-order valence-electron chi connectivity index (χ1n) is 6.04. The zero-order valence-corrected chi connectivity index (χ0v) is 10.3. The highest BCUT2D eigenvalue weighted by Crippen LogP contribution is 2.08. The van der Waals surface area contributed by atoms with Crippen LogP contribution in [0.1, 0.15) is 65.7 Å². The van der Waals surface area contributed by atoms with Crippen molar-refractivity contribution in [3.8, 4) is 0 Å². The van der Waals surface area contributed by atoms with E-state index in [0.717, 1.165) is 12.8 Å². The fourth-order valence-electron chi connectivity index (χ4n) is 1.34. The summed E-state index contributed by atoms with van der Waals surface area (Å²) >= 11 is 0. The molecule has 0 atom stereocenters. The Kier molecular flexibility index (Phi) is 9.24. The molecule has 2 nitrogen and oxygen atoms in total. The minimum absolute atomic E-state index is 0.0962. The van der Waals surface area contributed by atoms with Crippen LogP contribution >= 0.6 is 0 Å². The maximum Gasteiger partial charge on any atom is 0.310 e. The van der Waals surface area contributed by atoms with E-state index in [2.05, 4.69) is 6.92 Å². The molecule has 88 valence electrons. The predicted octanol–water partition coefficient (Wildman–Crippen LogP) is 4.20. The van der Waals surface area contributed by atoms with Gasteiger partial charge >= 0.3 is 5.97 Å². The third kappa shape index (κ3) is 9.51. The Morgan fingerprint density at radius 1 is 1.13 bits per heavy atom. The highest BCUT2D eigenvalue weighted by Gasteiger charge is 2.02. The Hall–Kier alpha value is -0.790. The number of allylic oxidation sites excluding steroid dienone is 2. The molecule has 0 rings (SSSR count). The first-order chi connectivity index (χ1) is 7.20. The van der Waals surface area contributed by atoms with Crippen LogP contribution in [0.3, 0.4) is 0 Å². The van der Waals surface area contributed by atoms with Crippen molar-refractivity contribution in [2.75, 3.05) is 0 Å². The maximum atomic E-state index is 11.2. The molecule has 0 fully saturated rings. The molecule has 0 aliphatic carbocycles. The van der Waals surface area contributed by atoms with Crippen LogP contribution in [-0.2, 0) is 9.53 Å². The summed E-state index contributed by atoms with van der Waals surface area (Å²) in [6.07, 6.45) is 9.56. The van der Waals surface area contributed by atoms with E-state index in [1.165, 1.54) is 25.7 Å². The molecule has 0 unspecified atom stereocenters. The van der Waals surface area contributed by atoms with E-state index in [9.17, 15) is 4.79 Å². The topological polar surface area (TPSA) is 26.3 Å². The maximum absolute atomic E-state index is 11.2. The van der Waals surface area contributed by atoms with Crippen LogP contribution in [-0.4, -0.2) is 5.97 Å². The average Bonchev–Trinajstić information content (AvgIpc) is 2.23. The van der Waals surface area contributed by atoms with Crippen LogP contribution in [0, 0.1) is 0 Å². The third-order valence-electron chi connectivity index (χ3n) is 2.42. The quantitative estimate of drug-likeness (QED) is 0.342. The minimum Gasteiger partial charge on any atom is -0.432 e. The zero-order chi connectivity index (χ0) is 11.5. The van der Waals surface area contributed by atoms with Crippen molar-refractivity contribution in [1.82, 2.24) is 0 Å².